The standard InChI is InChI=1S/C16H22ClN3O4/c1-15(2,3)9-16(4,5)19-14(22)13(21)18-10-6-7-11(17)12(8-10)20(23)24/h6-8H,9H2,1-5H3,(H,18,21)(H,19,22). The zero-order chi connectivity index (χ0) is 18.7. The van der Waals surface area contributed by atoms with Crippen LogP contribution in [0.5, 0.6) is 0 Å². The molecule has 0 aromatic heterocycles. The van der Waals surface area contributed by atoms with Gasteiger partial charge in [0, 0.05) is 17.3 Å². The zero-order valence-electron chi connectivity index (χ0n) is 14.4. The molecule has 0 unspecified atom stereocenters. The van der Waals surface area contributed by atoms with Crippen LogP contribution in [0, 0.1) is 15.5 Å². The number of rotatable bonds is 4. The second-order valence-electron chi connectivity index (χ2n) is 7.45. The number of benzene rings is 1. The lowest BCUT2D eigenvalue weighted by atomic mass is 9.82. The zero-order valence-corrected chi connectivity index (χ0v) is 15.2. The Morgan fingerprint density at radius 1 is 1.17 bits per heavy atom. The van der Waals surface area contributed by atoms with Gasteiger partial charge >= 0.3 is 11.8 Å². The molecule has 0 fully saturated rings. The van der Waals surface area contributed by atoms with Gasteiger partial charge in [0.15, 0.2) is 0 Å². The van der Waals surface area contributed by atoms with Gasteiger partial charge in [0.2, 0.25) is 0 Å². The van der Waals surface area contributed by atoms with Crippen LogP contribution in [0.3, 0.4) is 0 Å². The van der Waals surface area contributed by atoms with E-state index >= 15 is 0 Å². The minimum absolute atomic E-state index is 0.0238. The van der Waals surface area contributed by atoms with Crippen molar-refractivity contribution in [1.29, 1.82) is 0 Å². The molecular formula is C16H22ClN3O4. The number of hydrogen-bond donors (Lipinski definition) is 2. The summed E-state index contributed by atoms with van der Waals surface area (Å²) >= 11 is 5.71. The van der Waals surface area contributed by atoms with Crippen molar-refractivity contribution in [1.82, 2.24) is 5.32 Å². The Morgan fingerprint density at radius 2 is 1.75 bits per heavy atom. The monoisotopic (exact) mass is 355 g/mol. The van der Waals surface area contributed by atoms with Crippen LogP contribution in [0.4, 0.5) is 11.4 Å². The van der Waals surface area contributed by atoms with Gasteiger partial charge < -0.3 is 10.6 Å². The fourth-order valence-electron chi connectivity index (χ4n) is 2.65. The van der Waals surface area contributed by atoms with Crippen molar-refractivity contribution in [3.63, 3.8) is 0 Å². The number of halogens is 1. The molecule has 0 spiro atoms. The summed E-state index contributed by atoms with van der Waals surface area (Å²) in [5.74, 6) is -1.70. The van der Waals surface area contributed by atoms with Gasteiger partial charge in [0.05, 0.1) is 4.92 Å². The fraction of sp³-hybridized carbons (Fsp3) is 0.500. The van der Waals surface area contributed by atoms with Crippen molar-refractivity contribution in [2.24, 2.45) is 5.41 Å². The second kappa shape index (κ2) is 7.17. The number of nitro groups is 1. The Bertz CT molecular complexity index is 666. The Morgan fingerprint density at radius 3 is 2.25 bits per heavy atom. The first-order valence-electron chi connectivity index (χ1n) is 7.38. The van der Waals surface area contributed by atoms with Gasteiger partial charge in [-0.05, 0) is 37.8 Å². The smallest absolute Gasteiger partial charge is 0.313 e. The summed E-state index contributed by atoms with van der Waals surface area (Å²) in [6.07, 6.45) is 0.672. The Labute approximate surface area is 145 Å². The van der Waals surface area contributed by atoms with Crippen LogP contribution in [0.25, 0.3) is 0 Å². The summed E-state index contributed by atoms with van der Waals surface area (Å²) in [4.78, 5) is 34.2. The third-order valence-corrected chi connectivity index (χ3v) is 3.35. The lowest BCUT2D eigenvalue weighted by Crippen LogP contribution is -2.49. The molecule has 7 nitrogen and oxygen atoms in total. The molecule has 0 aliphatic rings. The van der Waals surface area contributed by atoms with Crippen LogP contribution < -0.4 is 10.6 Å². The van der Waals surface area contributed by atoms with Crippen LogP contribution in [0.15, 0.2) is 18.2 Å². The summed E-state index contributed by atoms with van der Waals surface area (Å²) < 4.78 is 0. The van der Waals surface area contributed by atoms with Crippen molar-refractivity contribution in [3.05, 3.63) is 33.3 Å². The highest BCUT2D eigenvalue weighted by atomic mass is 35.5. The van der Waals surface area contributed by atoms with E-state index in [-0.39, 0.29) is 21.8 Å². The molecule has 0 atom stereocenters. The van der Waals surface area contributed by atoms with Gasteiger partial charge in [-0.3, -0.25) is 19.7 Å². The normalized spacial score (nSPS) is 11.8. The average Bonchev–Trinajstić information content (AvgIpc) is 2.36. The molecule has 0 aliphatic heterocycles. The molecular weight excluding hydrogens is 334 g/mol. The number of carbonyl (C=O) groups excluding carboxylic acids is 2. The summed E-state index contributed by atoms with van der Waals surface area (Å²) in [5, 5.41) is 15.8. The van der Waals surface area contributed by atoms with Crippen molar-refractivity contribution in [2.45, 2.75) is 46.6 Å². The predicted octanol–water partition coefficient (Wildman–Crippen LogP) is 3.52. The van der Waals surface area contributed by atoms with E-state index < -0.39 is 22.3 Å². The first kappa shape index (κ1) is 19.9. The lowest BCUT2D eigenvalue weighted by Gasteiger charge is -2.33. The van der Waals surface area contributed by atoms with E-state index in [9.17, 15) is 19.7 Å². The van der Waals surface area contributed by atoms with E-state index in [0.29, 0.717) is 6.42 Å². The number of carbonyl (C=O) groups is 2. The van der Waals surface area contributed by atoms with E-state index in [1.165, 1.54) is 12.1 Å². The molecule has 2 N–H and O–H groups in total. The topological polar surface area (TPSA) is 101 Å². The molecule has 132 valence electrons. The highest BCUT2D eigenvalue weighted by Gasteiger charge is 2.29. The summed E-state index contributed by atoms with van der Waals surface area (Å²) in [6, 6.07) is 3.78. The van der Waals surface area contributed by atoms with Crippen LogP contribution in [-0.4, -0.2) is 22.3 Å². The molecule has 0 bridgehead atoms. The second-order valence-corrected chi connectivity index (χ2v) is 7.86. The van der Waals surface area contributed by atoms with Gasteiger partial charge in [-0.1, -0.05) is 32.4 Å². The van der Waals surface area contributed by atoms with E-state index in [1.807, 2.05) is 34.6 Å². The summed E-state index contributed by atoms with van der Waals surface area (Å²) in [6.45, 7) is 9.77. The number of nitrogens with one attached hydrogen (secondary N) is 2. The number of anilines is 1. The van der Waals surface area contributed by atoms with E-state index in [0.717, 1.165) is 6.07 Å². The SMILES string of the molecule is CC(C)(C)CC(C)(C)NC(=O)C(=O)Nc1ccc(Cl)c([N+](=O)[O-])c1. The number of hydrogen-bond acceptors (Lipinski definition) is 4. The van der Waals surface area contributed by atoms with Crippen LogP contribution >= 0.6 is 11.6 Å². The van der Waals surface area contributed by atoms with E-state index in [4.69, 9.17) is 11.6 Å². The third-order valence-electron chi connectivity index (χ3n) is 3.03. The largest absolute Gasteiger partial charge is 0.343 e. The average molecular weight is 356 g/mol. The lowest BCUT2D eigenvalue weighted by molar-refractivity contribution is -0.384. The summed E-state index contributed by atoms with van der Waals surface area (Å²) in [5.41, 5.74) is -0.814. The van der Waals surface area contributed by atoms with Gasteiger partial charge in [-0.2, -0.15) is 0 Å². The maximum absolute atomic E-state index is 12.1. The van der Waals surface area contributed by atoms with Gasteiger partial charge in [-0.25, -0.2) is 0 Å². The molecule has 1 aromatic carbocycles. The molecule has 1 aromatic rings. The van der Waals surface area contributed by atoms with Gasteiger partial charge in [-0.15, -0.1) is 0 Å². The predicted molar refractivity (Wildman–Crippen MR) is 93.0 cm³/mol. The molecule has 1 rings (SSSR count). The number of amides is 2. The molecule has 0 saturated carbocycles. The van der Waals surface area contributed by atoms with Crippen molar-refractivity contribution >= 4 is 34.8 Å². The maximum atomic E-state index is 12.1. The highest BCUT2D eigenvalue weighted by Crippen LogP contribution is 2.28. The molecule has 0 saturated heterocycles. The quantitative estimate of drug-likeness (QED) is 0.490. The van der Waals surface area contributed by atoms with Crippen molar-refractivity contribution in [3.8, 4) is 0 Å². The number of nitro benzene ring substituents is 1. The molecule has 0 radical (unpaired) electrons. The Hall–Kier alpha value is -2.15. The molecule has 0 aliphatic carbocycles. The number of nitrogens with zero attached hydrogens (tertiary/aromatic N) is 1. The fourth-order valence-corrected chi connectivity index (χ4v) is 2.84. The highest BCUT2D eigenvalue weighted by molar-refractivity contribution is 6.40. The van der Waals surface area contributed by atoms with Crippen LogP contribution in [0.1, 0.15) is 41.0 Å². The minimum Gasteiger partial charge on any atom is -0.343 e. The van der Waals surface area contributed by atoms with Crippen molar-refractivity contribution < 1.29 is 14.5 Å². The van der Waals surface area contributed by atoms with E-state index in [1.54, 1.807) is 0 Å². The summed E-state index contributed by atoms with van der Waals surface area (Å²) in [7, 11) is 0. The van der Waals surface area contributed by atoms with E-state index in [2.05, 4.69) is 10.6 Å². The Balaban J connectivity index is 2.80. The Kier molecular flexibility index (Phi) is 5.94. The first-order chi connectivity index (χ1) is 10.8. The molecule has 8 heteroatoms. The minimum atomic E-state index is -0.895. The van der Waals surface area contributed by atoms with Crippen LogP contribution in [-0.2, 0) is 9.59 Å². The van der Waals surface area contributed by atoms with Gasteiger partial charge in [0.1, 0.15) is 5.02 Å². The van der Waals surface area contributed by atoms with Gasteiger partial charge in [0.25, 0.3) is 5.69 Å². The van der Waals surface area contributed by atoms with Crippen LogP contribution in [0.2, 0.25) is 5.02 Å². The molecule has 0 heterocycles. The molecule has 24 heavy (non-hydrogen) atoms. The first-order valence-corrected chi connectivity index (χ1v) is 7.76. The molecule has 2 amide bonds. The third kappa shape index (κ3) is 6.16. The van der Waals surface area contributed by atoms with Crippen molar-refractivity contribution in [2.75, 3.05) is 5.32 Å². The maximum Gasteiger partial charge on any atom is 0.313 e.